The Balaban J connectivity index is 2.16. The first-order chi connectivity index (χ1) is 11.5. The van der Waals surface area contributed by atoms with Gasteiger partial charge in [-0.15, -0.1) is 0 Å². The van der Waals surface area contributed by atoms with Crippen molar-refractivity contribution >= 4 is 24.1 Å². The minimum Gasteiger partial charge on any atom is -0.482 e. The molecular formula is C16H18N2O6. The van der Waals surface area contributed by atoms with Crippen LogP contribution in [0.25, 0.3) is 0 Å². The Hall–Kier alpha value is -2.90. The Morgan fingerprint density at radius 1 is 1.46 bits per heavy atom. The van der Waals surface area contributed by atoms with E-state index in [9.17, 15) is 19.2 Å². The molecule has 0 aliphatic carbocycles. The largest absolute Gasteiger partial charge is 0.482 e. The summed E-state index contributed by atoms with van der Waals surface area (Å²) in [4.78, 5) is 47.2. The number of hydrogen-bond acceptors (Lipinski definition) is 5. The Labute approximate surface area is 138 Å². The van der Waals surface area contributed by atoms with Crippen molar-refractivity contribution in [2.24, 2.45) is 0 Å². The third-order valence-corrected chi connectivity index (χ3v) is 3.81. The van der Waals surface area contributed by atoms with Gasteiger partial charge in [-0.2, -0.15) is 0 Å². The van der Waals surface area contributed by atoms with Crippen LogP contribution in [0.15, 0.2) is 18.2 Å². The lowest BCUT2D eigenvalue weighted by molar-refractivity contribution is -0.139. The summed E-state index contributed by atoms with van der Waals surface area (Å²) in [6, 6.07) is 4.05. The van der Waals surface area contributed by atoms with Crippen LogP contribution >= 0.6 is 0 Å². The number of fused-ring (bicyclic) bond motifs is 1. The van der Waals surface area contributed by atoms with Crippen LogP contribution in [0.4, 0.5) is 0 Å². The first kappa shape index (κ1) is 17.5. The SMILES string of the molecule is CNC(=O)CCC(C=O)N1Cc2c(OCC(=O)O)cccc2C1=O. The van der Waals surface area contributed by atoms with E-state index in [-0.39, 0.29) is 31.2 Å². The maximum absolute atomic E-state index is 12.5. The van der Waals surface area contributed by atoms with Crippen molar-refractivity contribution in [2.75, 3.05) is 13.7 Å². The number of carbonyl (C=O) groups is 4. The summed E-state index contributed by atoms with van der Waals surface area (Å²) in [6.07, 6.45) is 0.987. The Morgan fingerprint density at radius 2 is 2.21 bits per heavy atom. The molecule has 1 aliphatic heterocycles. The predicted molar refractivity (Wildman–Crippen MR) is 82.6 cm³/mol. The topological polar surface area (TPSA) is 113 Å². The highest BCUT2D eigenvalue weighted by Gasteiger charge is 2.34. The van der Waals surface area contributed by atoms with E-state index < -0.39 is 18.6 Å². The molecule has 0 aromatic heterocycles. The van der Waals surface area contributed by atoms with E-state index >= 15 is 0 Å². The van der Waals surface area contributed by atoms with E-state index in [4.69, 9.17) is 9.84 Å². The van der Waals surface area contributed by atoms with E-state index in [1.807, 2.05) is 0 Å². The van der Waals surface area contributed by atoms with E-state index in [0.29, 0.717) is 23.2 Å². The van der Waals surface area contributed by atoms with Gasteiger partial charge in [-0.05, 0) is 18.6 Å². The lowest BCUT2D eigenvalue weighted by Gasteiger charge is -2.22. The Kier molecular flexibility index (Phi) is 5.51. The van der Waals surface area contributed by atoms with Crippen molar-refractivity contribution in [3.8, 4) is 5.75 Å². The molecule has 0 bridgehead atoms. The number of carboxylic acid groups (broad SMARTS) is 1. The number of aldehydes is 1. The minimum absolute atomic E-state index is 0.127. The quantitative estimate of drug-likeness (QED) is 0.657. The number of hydrogen-bond donors (Lipinski definition) is 2. The normalized spacial score (nSPS) is 14.0. The van der Waals surface area contributed by atoms with Crippen LogP contribution in [0.5, 0.6) is 5.75 Å². The summed E-state index contributed by atoms with van der Waals surface area (Å²) < 4.78 is 5.21. The highest BCUT2D eigenvalue weighted by atomic mass is 16.5. The van der Waals surface area contributed by atoms with Gasteiger partial charge in [0.15, 0.2) is 6.61 Å². The molecule has 1 heterocycles. The molecular weight excluding hydrogens is 316 g/mol. The average molecular weight is 334 g/mol. The second kappa shape index (κ2) is 7.58. The number of carboxylic acids is 1. The number of nitrogens with one attached hydrogen (secondary N) is 1. The van der Waals surface area contributed by atoms with Crippen LogP contribution in [0, 0.1) is 0 Å². The maximum Gasteiger partial charge on any atom is 0.341 e. The molecule has 8 heteroatoms. The maximum atomic E-state index is 12.5. The van der Waals surface area contributed by atoms with Gasteiger partial charge in [-0.1, -0.05) is 6.07 Å². The standard InChI is InChI=1S/C16H18N2O6/c1-17-14(20)6-5-10(8-19)18-7-12-11(16(18)23)3-2-4-13(12)24-9-15(21)22/h2-4,8,10H,5-7,9H2,1H3,(H,17,20)(H,21,22). The van der Waals surface area contributed by atoms with Gasteiger partial charge in [0.05, 0.1) is 12.6 Å². The molecule has 0 radical (unpaired) electrons. The van der Waals surface area contributed by atoms with Crippen molar-refractivity contribution in [1.29, 1.82) is 0 Å². The molecule has 0 saturated carbocycles. The molecule has 2 N–H and O–H groups in total. The lowest BCUT2D eigenvalue weighted by Crippen LogP contribution is -2.37. The van der Waals surface area contributed by atoms with Crippen LogP contribution in [0.3, 0.4) is 0 Å². The van der Waals surface area contributed by atoms with Crippen molar-refractivity contribution in [3.05, 3.63) is 29.3 Å². The molecule has 1 aliphatic rings. The number of carbonyl (C=O) groups excluding carboxylic acids is 3. The number of rotatable bonds is 8. The van der Waals surface area contributed by atoms with Gasteiger partial charge in [0.1, 0.15) is 12.0 Å². The fraction of sp³-hybridized carbons (Fsp3) is 0.375. The molecule has 1 unspecified atom stereocenters. The van der Waals surface area contributed by atoms with E-state index in [1.165, 1.54) is 11.9 Å². The van der Waals surface area contributed by atoms with Crippen molar-refractivity contribution in [2.45, 2.75) is 25.4 Å². The van der Waals surface area contributed by atoms with Gasteiger partial charge in [0.2, 0.25) is 5.91 Å². The monoisotopic (exact) mass is 334 g/mol. The molecule has 2 rings (SSSR count). The van der Waals surface area contributed by atoms with Crippen LogP contribution in [-0.2, 0) is 20.9 Å². The first-order valence-electron chi connectivity index (χ1n) is 7.41. The zero-order valence-electron chi connectivity index (χ0n) is 13.2. The van der Waals surface area contributed by atoms with E-state index in [0.717, 1.165) is 0 Å². The van der Waals surface area contributed by atoms with Gasteiger partial charge < -0.3 is 24.9 Å². The second-order valence-electron chi connectivity index (χ2n) is 5.31. The molecule has 24 heavy (non-hydrogen) atoms. The molecule has 1 atom stereocenters. The molecule has 0 spiro atoms. The highest BCUT2D eigenvalue weighted by molar-refractivity contribution is 6.00. The molecule has 128 valence electrons. The van der Waals surface area contributed by atoms with Gasteiger partial charge in [0, 0.05) is 24.6 Å². The van der Waals surface area contributed by atoms with Crippen molar-refractivity contribution < 1.29 is 29.0 Å². The number of ether oxygens (including phenoxy) is 1. The summed E-state index contributed by atoms with van der Waals surface area (Å²) in [5.41, 5.74) is 0.931. The molecule has 2 amide bonds. The second-order valence-corrected chi connectivity index (χ2v) is 5.31. The van der Waals surface area contributed by atoms with Gasteiger partial charge in [0.25, 0.3) is 5.91 Å². The predicted octanol–water partition coefficient (Wildman–Crippen LogP) is 0.199. The van der Waals surface area contributed by atoms with Crippen LogP contribution in [0.1, 0.15) is 28.8 Å². The zero-order valence-corrected chi connectivity index (χ0v) is 13.2. The Bertz CT molecular complexity index is 673. The summed E-state index contributed by atoms with van der Waals surface area (Å²) in [7, 11) is 1.50. The van der Waals surface area contributed by atoms with E-state index in [2.05, 4.69) is 5.32 Å². The average Bonchev–Trinajstić information content (AvgIpc) is 2.91. The highest BCUT2D eigenvalue weighted by Crippen LogP contribution is 2.32. The van der Waals surface area contributed by atoms with Gasteiger partial charge >= 0.3 is 5.97 Å². The summed E-state index contributed by atoms with van der Waals surface area (Å²) >= 11 is 0. The minimum atomic E-state index is -1.12. The zero-order chi connectivity index (χ0) is 17.7. The van der Waals surface area contributed by atoms with E-state index in [1.54, 1.807) is 18.2 Å². The van der Waals surface area contributed by atoms with Gasteiger partial charge in [-0.3, -0.25) is 9.59 Å². The first-order valence-corrected chi connectivity index (χ1v) is 7.41. The molecule has 1 aromatic rings. The number of benzene rings is 1. The summed E-state index contributed by atoms with van der Waals surface area (Å²) in [5.74, 6) is -1.36. The van der Waals surface area contributed by atoms with Crippen LogP contribution in [0.2, 0.25) is 0 Å². The third kappa shape index (κ3) is 3.70. The number of nitrogens with zero attached hydrogens (tertiary/aromatic N) is 1. The fourth-order valence-corrected chi connectivity index (χ4v) is 2.57. The smallest absolute Gasteiger partial charge is 0.341 e. The van der Waals surface area contributed by atoms with Crippen molar-refractivity contribution in [3.63, 3.8) is 0 Å². The molecule has 8 nitrogen and oxygen atoms in total. The van der Waals surface area contributed by atoms with Crippen molar-refractivity contribution in [1.82, 2.24) is 10.2 Å². The summed E-state index contributed by atoms with van der Waals surface area (Å²) in [6.45, 7) is -0.375. The van der Waals surface area contributed by atoms with Crippen LogP contribution in [-0.4, -0.2) is 53.8 Å². The third-order valence-electron chi connectivity index (χ3n) is 3.81. The van der Waals surface area contributed by atoms with Gasteiger partial charge in [-0.25, -0.2) is 4.79 Å². The fourth-order valence-electron chi connectivity index (χ4n) is 2.57. The Morgan fingerprint density at radius 3 is 2.83 bits per heavy atom. The number of aliphatic carboxylic acids is 1. The molecule has 1 aromatic carbocycles. The summed E-state index contributed by atoms with van der Waals surface area (Å²) in [5, 5.41) is 11.2. The van der Waals surface area contributed by atoms with Crippen LogP contribution < -0.4 is 10.1 Å². The molecule has 0 saturated heterocycles. The molecule has 0 fully saturated rings. The number of amides is 2. The lowest BCUT2D eigenvalue weighted by atomic mass is 10.1.